The summed E-state index contributed by atoms with van der Waals surface area (Å²) in [6, 6.07) is 9.33. The molecule has 1 fully saturated rings. The van der Waals surface area contributed by atoms with Crippen LogP contribution < -0.4 is 20.9 Å². The molecule has 13 heteroatoms. The molecule has 11 nitrogen and oxygen atoms in total. The predicted molar refractivity (Wildman–Crippen MR) is 157 cm³/mol. The van der Waals surface area contributed by atoms with Crippen molar-refractivity contribution in [2.75, 3.05) is 69.0 Å². The van der Waals surface area contributed by atoms with E-state index in [-0.39, 0.29) is 35.6 Å². The van der Waals surface area contributed by atoms with Crippen molar-refractivity contribution in [2.45, 2.75) is 13.3 Å². The van der Waals surface area contributed by atoms with Crippen molar-refractivity contribution < 1.29 is 18.7 Å². The molecule has 1 aliphatic heterocycles. The van der Waals surface area contributed by atoms with E-state index in [9.17, 15) is 14.0 Å². The lowest BCUT2D eigenvalue weighted by Crippen LogP contribution is -2.51. The molecule has 41 heavy (non-hydrogen) atoms. The first-order valence-electron chi connectivity index (χ1n) is 13.4. The number of halogens is 2. The molecule has 3 heterocycles. The Morgan fingerprint density at radius 1 is 1.17 bits per heavy atom. The van der Waals surface area contributed by atoms with E-state index in [2.05, 4.69) is 43.0 Å². The number of carbonyl (C=O) groups is 2. The highest BCUT2D eigenvalue weighted by atomic mass is 35.5. The second-order valence-corrected chi connectivity index (χ2v) is 10.1. The predicted octanol–water partition coefficient (Wildman–Crippen LogP) is 3.55. The second kappa shape index (κ2) is 14.2. The first kappa shape index (κ1) is 30.1. The van der Waals surface area contributed by atoms with Crippen molar-refractivity contribution in [3.8, 4) is 11.3 Å². The van der Waals surface area contributed by atoms with Crippen LogP contribution in [0.15, 0.2) is 42.6 Å². The quantitative estimate of drug-likeness (QED) is 0.257. The molecule has 0 radical (unpaired) electrons. The molecular formula is C28H34ClFN8O3. The first-order chi connectivity index (χ1) is 19.8. The zero-order valence-electron chi connectivity index (χ0n) is 23.3. The number of amides is 1. The van der Waals surface area contributed by atoms with E-state index in [1.165, 1.54) is 25.3 Å². The monoisotopic (exact) mass is 584 g/mol. The Balaban J connectivity index is 1.56. The van der Waals surface area contributed by atoms with Crippen molar-refractivity contribution in [3.05, 3.63) is 53.4 Å². The number of carbonyl (C=O) groups excluding carboxylic acids is 2. The molecule has 0 unspecified atom stereocenters. The number of nitrogens with one attached hydrogen (secondary N) is 3. The highest BCUT2D eigenvalue weighted by Gasteiger charge is 2.36. The maximum atomic E-state index is 14.6. The molecule has 0 spiro atoms. The van der Waals surface area contributed by atoms with E-state index in [1.807, 2.05) is 11.9 Å². The molecule has 0 atom stereocenters. The number of methoxy groups -OCH3 is 1. The van der Waals surface area contributed by atoms with Crippen LogP contribution in [-0.4, -0.2) is 85.4 Å². The summed E-state index contributed by atoms with van der Waals surface area (Å²) >= 11 is 6.11. The second-order valence-electron chi connectivity index (χ2n) is 9.70. The minimum absolute atomic E-state index is 0.168. The number of benzene rings is 1. The third-order valence-corrected chi connectivity index (χ3v) is 6.82. The third kappa shape index (κ3) is 7.87. The number of rotatable bonds is 13. The first-order valence-corrected chi connectivity index (χ1v) is 13.7. The van der Waals surface area contributed by atoms with Crippen LogP contribution in [0.3, 0.4) is 0 Å². The van der Waals surface area contributed by atoms with Gasteiger partial charge in [-0.3, -0.25) is 14.5 Å². The average molecular weight is 585 g/mol. The van der Waals surface area contributed by atoms with Crippen molar-refractivity contribution in [1.82, 2.24) is 25.4 Å². The summed E-state index contributed by atoms with van der Waals surface area (Å²) in [5.41, 5.74) is 1.63. The van der Waals surface area contributed by atoms with Crippen molar-refractivity contribution in [1.29, 1.82) is 0 Å². The molecule has 0 saturated carbocycles. The molecule has 4 rings (SSSR count). The lowest BCUT2D eigenvalue weighted by Gasteiger charge is -2.38. The van der Waals surface area contributed by atoms with Gasteiger partial charge in [0.2, 0.25) is 5.91 Å². The number of nitrogens with zero attached hydrogens (tertiary/aromatic N) is 5. The highest BCUT2D eigenvalue weighted by molar-refractivity contribution is 6.30. The molecule has 1 amide bonds. The maximum absolute atomic E-state index is 14.6. The summed E-state index contributed by atoms with van der Waals surface area (Å²) in [6.45, 7) is 5.48. The Hall–Kier alpha value is -3.87. The van der Waals surface area contributed by atoms with Crippen LogP contribution in [0.2, 0.25) is 5.02 Å². The molecule has 1 aliphatic rings. The molecule has 3 aromatic rings. The Bertz CT molecular complexity index is 1370. The van der Waals surface area contributed by atoms with Crippen LogP contribution >= 0.6 is 11.6 Å². The molecule has 0 bridgehead atoms. The van der Waals surface area contributed by atoms with Crippen LogP contribution in [0.4, 0.5) is 27.4 Å². The fourth-order valence-electron chi connectivity index (χ4n) is 4.48. The van der Waals surface area contributed by atoms with Gasteiger partial charge in [0.05, 0.1) is 31.0 Å². The SMILES string of the molecule is CCCN(CCNC)CC(=O)Nc1cc(Nc2cc(-c3cc(Cl)ccc3F)nnc2N2CC(C(=O)OC)C2)ccn1. The number of aromatic nitrogens is 3. The Kier molecular flexibility index (Phi) is 10.4. The number of hydrogen-bond acceptors (Lipinski definition) is 10. The van der Waals surface area contributed by atoms with E-state index < -0.39 is 5.82 Å². The van der Waals surface area contributed by atoms with Gasteiger partial charge in [0, 0.05) is 54.7 Å². The van der Waals surface area contributed by atoms with Gasteiger partial charge in [-0.25, -0.2) is 9.37 Å². The largest absolute Gasteiger partial charge is 0.469 e. The van der Waals surface area contributed by atoms with Gasteiger partial charge in [-0.1, -0.05) is 18.5 Å². The molecule has 3 N–H and O–H groups in total. The molecule has 1 saturated heterocycles. The van der Waals surface area contributed by atoms with Gasteiger partial charge < -0.3 is 25.6 Å². The average Bonchev–Trinajstić information content (AvgIpc) is 2.93. The fraction of sp³-hybridized carbons (Fsp3) is 0.393. The van der Waals surface area contributed by atoms with E-state index in [0.717, 1.165) is 26.1 Å². The topological polar surface area (TPSA) is 125 Å². The van der Waals surface area contributed by atoms with Crippen LogP contribution in [-0.2, 0) is 14.3 Å². The van der Waals surface area contributed by atoms with Crippen LogP contribution in [0, 0.1) is 11.7 Å². The molecule has 218 valence electrons. The van der Waals surface area contributed by atoms with E-state index >= 15 is 0 Å². The number of pyridine rings is 1. The van der Waals surface area contributed by atoms with Crippen molar-refractivity contribution >= 4 is 46.5 Å². The van der Waals surface area contributed by atoms with Crippen LogP contribution in [0.25, 0.3) is 11.3 Å². The summed E-state index contributed by atoms with van der Waals surface area (Å²) in [5.74, 6) is -0.360. The van der Waals surface area contributed by atoms with Crippen molar-refractivity contribution in [3.63, 3.8) is 0 Å². The number of hydrogen-bond donors (Lipinski definition) is 3. The minimum atomic E-state index is -0.488. The Labute approximate surface area is 243 Å². The molecule has 1 aromatic carbocycles. The number of likely N-dealkylation sites (N-methyl/N-ethyl adjacent to an activating group) is 1. The fourth-order valence-corrected chi connectivity index (χ4v) is 4.65. The summed E-state index contributed by atoms with van der Waals surface area (Å²) in [5, 5.41) is 18.2. The van der Waals surface area contributed by atoms with Gasteiger partial charge in [-0.2, -0.15) is 0 Å². The van der Waals surface area contributed by atoms with Gasteiger partial charge in [-0.05, 0) is 50.3 Å². The van der Waals surface area contributed by atoms with Gasteiger partial charge in [0.1, 0.15) is 11.6 Å². The number of anilines is 4. The zero-order chi connectivity index (χ0) is 29.4. The normalized spacial score (nSPS) is 13.2. The van der Waals surface area contributed by atoms with Gasteiger partial charge in [0.25, 0.3) is 0 Å². The van der Waals surface area contributed by atoms with E-state index in [1.54, 1.807) is 24.4 Å². The van der Waals surface area contributed by atoms with Gasteiger partial charge in [-0.15, -0.1) is 10.2 Å². The standard InChI is InChI=1S/C28H34ClFN8O3/c1-4-10-37(11-9-31-2)17-26(39)34-25-13-20(7-8-32-25)33-24-14-23(21-12-19(29)5-6-22(21)30)35-36-27(24)38-15-18(16-38)28(40)41-3/h5-8,12-14,18,31H,4,9-11,15-17H2,1-3H3,(H2,32,33,34,35,39). The molecular weight excluding hydrogens is 551 g/mol. The summed E-state index contributed by atoms with van der Waals surface area (Å²) in [7, 11) is 3.24. The lowest BCUT2D eigenvalue weighted by molar-refractivity contribution is -0.146. The van der Waals surface area contributed by atoms with E-state index in [4.69, 9.17) is 16.3 Å². The third-order valence-electron chi connectivity index (χ3n) is 6.59. The highest BCUT2D eigenvalue weighted by Crippen LogP contribution is 2.35. The molecule has 0 aliphatic carbocycles. The zero-order valence-corrected chi connectivity index (χ0v) is 24.0. The smallest absolute Gasteiger partial charge is 0.312 e. The lowest BCUT2D eigenvalue weighted by atomic mass is 10.00. The molecule has 2 aromatic heterocycles. The maximum Gasteiger partial charge on any atom is 0.312 e. The van der Waals surface area contributed by atoms with Crippen LogP contribution in [0.1, 0.15) is 13.3 Å². The van der Waals surface area contributed by atoms with Crippen LogP contribution in [0.5, 0.6) is 0 Å². The summed E-state index contributed by atoms with van der Waals surface area (Å²) < 4.78 is 19.5. The van der Waals surface area contributed by atoms with Gasteiger partial charge in [0.15, 0.2) is 5.82 Å². The minimum Gasteiger partial charge on any atom is -0.469 e. The number of esters is 1. The Morgan fingerprint density at radius 3 is 2.71 bits per heavy atom. The Morgan fingerprint density at radius 2 is 1.98 bits per heavy atom. The van der Waals surface area contributed by atoms with E-state index in [0.29, 0.717) is 41.1 Å². The van der Waals surface area contributed by atoms with Gasteiger partial charge >= 0.3 is 5.97 Å². The number of ether oxygens (including phenoxy) is 1. The summed E-state index contributed by atoms with van der Waals surface area (Å²) in [6.07, 6.45) is 2.51. The summed E-state index contributed by atoms with van der Waals surface area (Å²) in [4.78, 5) is 32.9. The van der Waals surface area contributed by atoms with Crippen molar-refractivity contribution in [2.24, 2.45) is 5.92 Å².